The molecule has 0 aromatic rings. The van der Waals surface area contributed by atoms with E-state index in [1.807, 2.05) is 0 Å². The minimum Gasteiger partial charge on any atom is -0.0807 e. The van der Waals surface area contributed by atoms with Crippen LogP contribution in [0.1, 0.15) is 19.8 Å². The summed E-state index contributed by atoms with van der Waals surface area (Å²) in [4.78, 5) is 0. The number of allylic oxidation sites excluding steroid dienone is 2. The van der Waals surface area contributed by atoms with Crippen LogP contribution in [0.4, 0.5) is 0 Å². The molecule has 0 spiro atoms. The Morgan fingerprint density at radius 1 is 1.71 bits per heavy atom. The van der Waals surface area contributed by atoms with Crippen LogP contribution in [0.3, 0.4) is 0 Å². The van der Waals surface area contributed by atoms with Gasteiger partial charge in [-0.3, -0.25) is 0 Å². The fourth-order valence-corrected chi connectivity index (χ4v) is 1.20. The SMILES string of the molecule is CC1CC1C1=CC1. The molecule has 0 saturated heterocycles. The van der Waals surface area contributed by atoms with Crippen molar-refractivity contribution in [2.75, 3.05) is 0 Å². The van der Waals surface area contributed by atoms with Gasteiger partial charge in [-0.25, -0.2) is 0 Å². The molecule has 0 nitrogen and oxygen atoms in total. The molecule has 1 saturated carbocycles. The molecule has 0 bridgehead atoms. The van der Waals surface area contributed by atoms with E-state index in [1.165, 1.54) is 12.8 Å². The van der Waals surface area contributed by atoms with Crippen LogP contribution in [-0.2, 0) is 0 Å². The van der Waals surface area contributed by atoms with Crippen LogP contribution in [0.25, 0.3) is 0 Å². The molecule has 0 radical (unpaired) electrons. The lowest BCUT2D eigenvalue weighted by atomic mass is 10.3. The molecule has 0 N–H and O–H groups in total. The third-order valence-electron chi connectivity index (χ3n) is 2.03. The third-order valence-corrected chi connectivity index (χ3v) is 2.03. The second-order valence-corrected chi connectivity index (χ2v) is 2.80. The first-order valence-electron chi connectivity index (χ1n) is 3.07. The van der Waals surface area contributed by atoms with Gasteiger partial charge >= 0.3 is 0 Å². The highest BCUT2D eigenvalue weighted by Gasteiger charge is 2.38. The predicted molar refractivity (Wildman–Crippen MR) is 30.0 cm³/mol. The molecular formula is C7H10. The Labute approximate surface area is 44.2 Å². The molecule has 2 rings (SSSR count). The number of hydrogen-bond acceptors (Lipinski definition) is 0. The Kier molecular flexibility index (Phi) is 0.495. The monoisotopic (exact) mass is 94.1 g/mol. The Hall–Kier alpha value is -0.260. The van der Waals surface area contributed by atoms with Gasteiger partial charge in [-0.2, -0.15) is 0 Å². The van der Waals surface area contributed by atoms with Crippen molar-refractivity contribution in [2.45, 2.75) is 19.8 Å². The van der Waals surface area contributed by atoms with Crippen molar-refractivity contribution in [3.05, 3.63) is 11.6 Å². The van der Waals surface area contributed by atoms with Gasteiger partial charge in [0.05, 0.1) is 0 Å². The Bertz CT molecular complexity index is 122. The van der Waals surface area contributed by atoms with Crippen LogP contribution in [0.15, 0.2) is 11.6 Å². The standard InChI is InChI=1S/C7H10/c1-5-4-7(5)6-2-3-6/h2,5,7H,3-4H2,1H3. The molecule has 7 heavy (non-hydrogen) atoms. The Balaban J connectivity index is 2.00. The molecular weight excluding hydrogens is 84.1 g/mol. The molecule has 38 valence electrons. The smallest absolute Gasteiger partial charge is 0.0133 e. The van der Waals surface area contributed by atoms with Crippen LogP contribution in [0.2, 0.25) is 0 Å². The zero-order valence-electron chi connectivity index (χ0n) is 4.65. The molecule has 1 fully saturated rings. The normalized spacial score (nSPS) is 45.6. The summed E-state index contributed by atoms with van der Waals surface area (Å²) < 4.78 is 0. The zero-order valence-corrected chi connectivity index (χ0v) is 4.65. The molecule has 0 aliphatic heterocycles. The fraction of sp³-hybridized carbons (Fsp3) is 0.714. The lowest BCUT2D eigenvalue weighted by molar-refractivity contribution is 0.875. The third kappa shape index (κ3) is 0.495. The van der Waals surface area contributed by atoms with Crippen LogP contribution in [0, 0.1) is 11.8 Å². The van der Waals surface area contributed by atoms with Gasteiger partial charge in [0.25, 0.3) is 0 Å². The largest absolute Gasteiger partial charge is 0.0807 e. The van der Waals surface area contributed by atoms with Gasteiger partial charge in [0, 0.05) is 0 Å². The average molecular weight is 94.2 g/mol. The first kappa shape index (κ1) is 3.71. The first-order chi connectivity index (χ1) is 3.38. The van der Waals surface area contributed by atoms with E-state index in [1.54, 1.807) is 5.57 Å². The van der Waals surface area contributed by atoms with Crippen molar-refractivity contribution < 1.29 is 0 Å². The average Bonchev–Trinajstić information content (AvgIpc) is 2.23. The fourth-order valence-electron chi connectivity index (χ4n) is 1.20. The molecule has 2 atom stereocenters. The van der Waals surface area contributed by atoms with Crippen LogP contribution < -0.4 is 0 Å². The lowest BCUT2D eigenvalue weighted by Crippen LogP contribution is -1.68. The van der Waals surface area contributed by atoms with Crippen molar-refractivity contribution in [3.63, 3.8) is 0 Å². The van der Waals surface area contributed by atoms with Crippen LogP contribution >= 0.6 is 0 Å². The highest BCUT2D eigenvalue weighted by atomic mass is 14.4. The minimum atomic E-state index is 1.04. The summed E-state index contributed by atoms with van der Waals surface area (Å²) in [5, 5.41) is 0. The second kappa shape index (κ2) is 0.936. The van der Waals surface area contributed by atoms with Gasteiger partial charge in [-0.15, -0.1) is 0 Å². The number of rotatable bonds is 1. The van der Waals surface area contributed by atoms with Crippen molar-refractivity contribution in [1.82, 2.24) is 0 Å². The molecule has 0 heterocycles. The van der Waals surface area contributed by atoms with E-state index < -0.39 is 0 Å². The van der Waals surface area contributed by atoms with Crippen molar-refractivity contribution >= 4 is 0 Å². The van der Waals surface area contributed by atoms with Gasteiger partial charge in [0.15, 0.2) is 0 Å². The summed E-state index contributed by atoms with van der Waals surface area (Å²) in [6.07, 6.45) is 5.18. The minimum absolute atomic E-state index is 1.04. The van der Waals surface area contributed by atoms with E-state index >= 15 is 0 Å². The maximum Gasteiger partial charge on any atom is -0.0133 e. The number of hydrogen-bond donors (Lipinski definition) is 0. The summed E-state index contributed by atoms with van der Waals surface area (Å²) in [6, 6.07) is 0. The van der Waals surface area contributed by atoms with Crippen molar-refractivity contribution in [1.29, 1.82) is 0 Å². The second-order valence-electron chi connectivity index (χ2n) is 2.80. The molecule has 0 heteroatoms. The Morgan fingerprint density at radius 2 is 2.29 bits per heavy atom. The highest BCUT2D eigenvalue weighted by molar-refractivity contribution is 5.29. The van der Waals surface area contributed by atoms with Crippen LogP contribution in [-0.4, -0.2) is 0 Å². The van der Waals surface area contributed by atoms with E-state index in [0.29, 0.717) is 0 Å². The van der Waals surface area contributed by atoms with Crippen molar-refractivity contribution in [2.24, 2.45) is 11.8 Å². The molecule has 2 aliphatic rings. The van der Waals surface area contributed by atoms with Gasteiger partial charge in [-0.1, -0.05) is 18.6 Å². The van der Waals surface area contributed by atoms with Crippen molar-refractivity contribution in [3.8, 4) is 0 Å². The summed E-state index contributed by atoms with van der Waals surface area (Å²) in [5.74, 6) is 2.08. The topological polar surface area (TPSA) is 0 Å². The van der Waals surface area contributed by atoms with E-state index in [9.17, 15) is 0 Å². The van der Waals surface area contributed by atoms with Crippen LogP contribution in [0.5, 0.6) is 0 Å². The van der Waals surface area contributed by atoms with E-state index in [2.05, 4.69) is 13.0 Å². The van der Waals surface area contributed by atoms with E-state index in [0.717, 1.165) is 11.8 Å². The molecule has 2 aliphatic carbocycles. The zero-order chi connectivity index (χ0) is 4.85. The maximum absolute atomic E-state index is 2.36. The summed E-state index contributed by atoms with van der Waals surface area (Å²) in [6.45, 7) is 2.34. The maximum atomic E-state index is 2.36. The van der Waals surface area contributed by atoms with E-state index in [-0.39, 0.29) is 0 Å². The highest BCUT2D eigenvalue weighted by Crippen LogP contribution is 2.49. The van der Waals surface area contributed by atoms with E-state index in [4.69, 9.17) is 0 Å². The van der Waals surface area contributed by atoms with Gasteiger partial charge < -0.3 is 0 Å². The molecule has 0 aromatic carbocycles. The summed E-state index contributed by atoms with van der Waals surface area (Å²) in [5.41, 5.74) is 1.74. The summed E-state index contributed by atoms with van der Waals surface area (Å²) in [7, 11) is 0. The lowest BCUT2D eigenvalue weighted by Gasteiger charge is -1.78. The first-order valence-corrected chi connectivity index (χ1v) is 3.07. The molecule has 2 unspecified atom stereocenters. The predicted octanol–water partition coefficient (Wildman–Crippen LogP) is 1.97. The quantitative estimate of drug-likeness (QED) is 0.436. The Morgan fingerprint density at radius 3 is 2.43 bits per heavy atom. The van der Waals surface area contributed by atoms with Gasteiger partial charge in [-0.05, 0) is 24.7 Å². The van der Waals surface area contributed by atoms with Gasteiger partial charge in [0.1, 0.15) is 0 Å². The summed E-state index contributed by atoms with van der Waals surface area (Å²) >= 11 is 0. The molecule has 0 aromatic heterocycles. The van der Waals surface area contributed by atoms with Gasteiger partial charge in [0.2, 0.25) is 0 Å². The molecule has 0 amide bonds.